The molecule has 96 valence electrons. The van der Waals surface area contributed by atoms with Crippen LogP contribution in [0.1, 0.15) is 42.6 Å². The first kappa shape index (κ1) is 12.8. The molecule has 3 heteroatoms. The van der Waals surface area contributed by atoms with Gasteiger partial charge >= 0.3 is 0 Å². The Morgan fingerprint density at radius 3 is 2.28 bits per heavy atom. The van der Waals surface area contributed by atoms with Crippen molar-refractivity contribution >= 4 is 11.6 Å². The Morgan fingerprint density at radius 1 is 1.22 bits per heavy atom. The predicted octanol–water partition coefficient (Wildman–Crippen LogP) is 2.66. The van der Waals surface area contributed by atoms with Gasteiger partial charge < -0.3 is 10.0 Å². The fourth-order valence-corrected chi connectivity index (χ4v) is 2.27. The van der Waals surface area contributed by atoms with Crippen LogP contribution in [0.3, 0.4) is 0 Å². The Balaban J connectivity index is 2.29. The lowest BCUT2D eigenvalue weighted by molar-refractivity contribution is 0.0115. The Bertz CT molecular complexity index is 454. The second kappa shape index (κ2) is 4.58. The SMILES string of the molecule is C=C1c2ccccc2C(=O)N1CC(O)(CC)CC. The average Bonchev–Trinajstić information content (AvgIpc) is 2.64. The number of nitrogens with zero attached hydrogens (tertiary/aromatic N) is 1. The summed E-state index contributed by atoms with van der Waals surface area (Å²) in [5.74, 6) is -0.0593. The zero-order valence-corrected chi connectivity index (χ0v) is 10.9. The largest absolute Gasteiger partial charge is 0.388 e. The summed E-state index contributed by atoms with van der Waals surface area (Å²) < 4.78 is 0. The minimum Gasteiger partial charge on any atom is -0.388 e. The van der Waals surface area contributed by atoms with Gasteiger partial charge in [-0.3, -0.25) is 4.79 Å². The summed E-state index contributed by atoms with van der Waals surface area (Å²) in [6, 6.07) is 7.44. The molecule has 1 aromatic rings. The van der Waals surface area contributed by atoms with Gasteiger partial charge in [0.1, 0.15) is 0 Å². The van der Waals surface area contributed by atoms with Crippen LogP contribution in [0.15, 0.2) is 30.8 Å². The Labute approximate surface area is 108 Å². The van der Waals surface area contributed by atoms with E-state index in [2.05, 4.69) is 6.58 Å². The fourth-order valence-electron chi connectivity index (χ4n) is 2.27. The van der Waals surface area contributed by atoms with E-state index < -0.39 is 5.60 Å². The Kier molecular flexibility index (Phi) is 3.26. The van der Waals surface area contributed by atoms with Crippen molar-refractivity contribution in [3.05, 3.63) is 42.0 Å². The van der Waals surface area contributed by atoms with Gasteiger partial charge in [-0.05, 0) is 18.9 Å². The zero-order chi connectivity index (χ0) is 13.3. The molecular formula is C15H19NO2. The van der Waals surface area contributed by atoms with Crippen LogP contribution in [0.2, 0.25) is 0 Å². The molecule has 1 amide bonds. The van der Waals surface area contributed by atoms with Crippen molar-refractivity contribution in [2.75, 3.05) is 6.54 Å². The molecule has 0 saturated heterocycles. The lowest BCUT2D eigenvalue weighted by Crippen LogP contribution is -2.41. The summed E-state index contributed by atoms with van der Waals surface area (Å²) in [5, 5.41) is 10.4. The summed E-state index contributed by atoms with van der Waals surface area (Å²) in [6.07, 6.45) is 1.24. The van der Waals surface area contributed by atoms with Crippen molar-refractivity contribution in [2.45, 2.75) is 32.3 Å². The second-order valence-electron chi connectivity index (χ2n) is 4.82. The zero-order valence-electron chi connectivity index (χ0n) is 10.9. The van der Waals surface area contributed by atoms with Crippen LogP contribution in [0.4, 0.5) is 0 Å². The highest BCUT2D eigenvalue weighted by Gasteiger charge is 2.35. The van der Waals surface area contributed by atoms with Crippen molar-refractivity contribution in [1.29, 1.82) is 0 Å². The Morgan fingerprint density at radius 2 is 1.78 bits per heavy atom. The number of fused-ring (bicyclic) bond motifs is 1. The van der Waals surface area contributed by atoms with Crippen LogP contribution in [-0.2, 0) is 0 Å². The molecule has 1 N–H and O–H groups in total. The molecule has 0 radical (unpaired) electrons. The molecule has 0 fully saturated rings. The smallest absolute Gasteiger partial charge is 0.259 e. The third-order valence-electron chi connectivity index (χ3n) is 3.81. The molecule has 0 saturated carbocycles. The van der Waals surface area contributed by atoms with E-state index in [1.807, 2.05) is 32.0 Å². The van der Waals surface area contributed by atoms with E-state index in [9.17, 15) is 9.90 Å². The molecule has 18 heavy (non-hydrogen) atoms. The van der Waals surface area contributed by atoms with Crippen LogP contribution in [0.25, 0.3) is 5.70 Å². The average molecular weight is 245 g/mol. The van der Waals surface area contributed by atoms with Crippen LogP contribution in [-0.4, -0.2) is 28.1 Å². The minimum atomic E-state index is -0.833. The van der Waals surface area contributed by atoms with Crippen molar-refractivity contribution < 1.29 is 9.90 Å². The van der Waals surface area contributed by atoms with Gasteiger partial charge in [0.25, 0.3) is 5.91 Å². The monoisotopic (exact) mass is 245 g/mol. The number of carbonyl (C=O) groups excluding carboxylic acids is 1. The van der Waals surface area contributed by atoms with Gasteiger partial charge in [0.15, 0.2) is 0 Å². The maximum atomic E-state index is 12.3. The molecule has 0 aliphatic carbocycles. The van der Waals surface area contributed by atoms with Crippen molar-refractivity contribution in [3.63, 3.8) is 0 Å². The maximum Gasteiger partial charge on any atom is 0.259 e. The highest BCUT2D eigenvalue weighted by molar-refractivity contribution is 6.08. The molecular weight excluding hydrogens is 226 g/mol. The fraction of sp³-hybridized carbons (Fsp3) is 0.400. The van der Waals surface area contributed by atoms with Crippen molar-refractivity contribution in [3.8, 4) is 0 Å². The van der Waals surface area contributed by atoms with Gasteiger partial charge in [-0.1, -0.05) is 38.6 Å². The van der Waals surface area contributed by atoms with Crippen LogP contribution in [0, 0.1) is 0 Å². The summed E-state index contributed by atoms with van der Waals surface area (Å²) >= 11 is 0. The number of hydrogen-bond donors (Lipinski definition) is 1. The van der Waals surface area contributed by atoms with Gasteiger partial charge in [0.2, 0.25) is 0 Å². The lowest BCUT2D eigenvalue weighted by Gasteiger charge is -2.31. The lowest BCUT2D eigenvalue weighted by atomic mass is 9.97. The van der Waals surface area contributed by atoms with Gasteiger partial charge in [-0.15, -0.1) is 0 Å². The number of rotatable bonds is 4. The molecule has 0 unspecified atom stereocenters. The summed E-state index contributed by atoms with van der Waals surface area (Å²) in [4.78, 5) is 13.9. The summed E-state index contributed by atoms with van der Waals surface area (Å²) in [6.45, 7) is 8.15. The predicted molar refractivity (Wildman–Crippen MR) is 72.0 cm³/mol. The molecule has 2 rings (SSSR count). The number of benzene rings is 1. The van der Waals surface area contributed by atoms with E-state index in [0.29, 0.717) is 30.6 Å². The maximum absolute atomic E-state index is 12.3. The third-order valence-corrected chi connectivity index (χ3v) is 3.81. The van der Waals surface area contributed by atoms with Crippen LogP contribution in [0.5, 0.6) is 0 Å². The van der Waals surface area contributed by atoms with Gasteiger partial charge in [-0.25, -0.2) is 0 Å². The van der Waals surface area contributed by atoms with E-state index in [0.717, 1.165) is 5.56 Å². The van der Waals surface area contributed by atoms with Crippen molar-refractivity contribution in [2.24, 2.45) is 0 Å². The highest BCUT2D eigenvalue weighted by Crippen LogP contribution is 2.33. The first-order valence-corrected chi connectivity index (χ1v) is 6.35. The number of β-amino-alcohol motifs (C(OH)–C–C–N with tert-alkyl or cyclic N) is 1. The van der Waals surface area contributed by atoms with Crippen LogP contribution >= 0.6 is 0 Å². The standard InChI is InChI=1S/C15H19NO2/c1-4-15(18,5-2)10-16-11(3)12-8-6-7-9-13(12)14(16)17/h6-9,18H,3-5,10H2,1-2H3. The Hall–Kier alpha value is -1.61. The minimum absolute atomic E-state index is 0.0593. The van der Waals surface area contributed by atoms with Gasteiger partial charge in [0, 0.05) is 16.8 Å². The normalized spacial score (nSPS) is 15.2. The first-order chi connectivity index (χ1) is 8.52. The van der Waals surface area contributed by atoms with Crippen molar-refractivity contribution in [1.82, 2.24) is 4.90 Å². The quantitative estimate of drug-likeness (QED) is 0.886. The van der Waals surface area contributed by atoms with E-state index >= 15 is 0 Å². The molecule has 1 heterocycles. The first-order valence-electron chi connectivity index (χ1n) is 6.35. The molecule has 0 atom stereocenters. The highest BCUT2D eigenvalue weighted by atomic mass is 16.3. The van der Waals surface area contributed by atoms with E-state index in [1.54, 1.807) is 11.0 Å². The summed E-state index contributed by atoms with van der Waals surface area (Å²) in [5.41, 5.74) is 1.41. The third kappa shape index (κ3) is 1.95. The number of carbonyl (C=O) groups is 1. The number of aliphatic hydroxyl groups is 1. The number of amides is 1. The topological polar surface area (TPSA) is 40.5 Å². The molecule has 0 spiro atoms. The second-order valence-corrected chi connectivity index (χ2v) is 4.82. The van der Waals surface area contributed by atoms with Crippen LogP contribution < -0.4 is 0 Å². The van der Waals surface area contributed by atoms with E-state index in [1.165, 1.54) is 0 Å². The molecule has 1 aliphatic heterocycles. The molecule has 3 nitrogen and oxygen atoms in total. The molecule has 1 aliphatic rings. The van der Waals surface area contributed by atoms with Gasteiger partial charge in [-0.2, -0.15) is 0 Å². The molecule has 0 bridgehead atoms. The molecule has 1 aromatic carbocycles. The number of hydrogen-bond acceptors (Lipinski definition) is 2. The van der Waals surface area contributed by atoms with Gasteiger partial charge in [0.05, 0.1) is 12.1 Å². The molecule has 0 aromatic heterocycles. The summed E-state index contributed by atoms with van der Waals surface area (Å²) in [7, 11) is 0. The van der Waals surface area contributed by atoms with E-state index in [-0.39, 0.29) is 5.91 Å². The van der Waals surface area contributed by atoms with E-state index in [4.69, 9.17) is 0 Å².